The van der Waals surface area contributed by atoms with Crippen molar-refractivity contribution >= 4 is 29.0 Å². The zero-order valence-corrected chi connectivity index (χ0v) is 18.8. The minimum atomic E-state index is -0.403. The standard InChI is InChI=1S/C22H24N6O3S/c1-16-4-3-5-20(14-16)27-17(2)23-24-22(27)32-15-21(29)26-12-10-25(11-13-26)18-6-8-19(9-7-18)28(30)31/h3-9,14H,10-13,15H2,1-2H3. The highest BCUT2D eigenvalue weighted by Crippen LogP contribution is 2.24. The molecular weight excluding hydrogens is 428 g/mol. The second kappa shape index (κ2) is 9.39. The largest absolute Gasteiger partial charge is 0.368 e. The number of carbonyl (C=O) groups is 1. The molecule has 0 spiro atoms. The third kappa shape index (κ3) is 4.75. The molecule has 3 aromatic rings. The number of piperazine rings is 1. The van der Waals surface area contributed by atoms with Crippen LogP contribution in [0.5, 0.6) is 0 Å². The van der Waals surface area contributed by atoms with Gasteiger partial charge in [-0.2, -0.15) is 0 Å². The van der Waals surface area contributed by atoms with Crippen LogP contribution in [-0.2, 0) is 4.79 Å². The number of aromatic nitrogens is 3. The highest BCUT2D eigenvalue weighted by molar-refractivity contribution is 7.99. The molecule has 32 heavy (non-hydrogen) atoms. The van der Waals surface area contributed by atoms with E-state index >= 15 is 0 Å². The Kier molecular flexibility index (Phi) is 6.40. The first-order valence-electron chi connectivity index (χ1n) is 10.3. The summed E-state index contributed by atoms with van der Waals surface area (Å²) in [5, 5.41) is 20.0. The van der Waals surface area contributed by atoms with Gasteiger partial charge >= 0.3 is 0 Å². The molecule has 0 N–H and O–H groups in total. The van der Waals surface area contributed by atoms with E-state index < -0.39 is 4.92 Å². The van der Waals surface area contributed by atoms with Crippen molar-refractivity contribution in [3.8, 4) is 5.69 Å². The van der Waals surface area contributed by atoms with Crippen LogP contribution < -0.4 is 4.90 Å². The minimum absolute atomic E-state index is 0.0646. The van der Waals surface area contributed by atoms with E-state index in [2.05, 4.69) is 21.2 Å². The van der Waals surface area contributed by atoms with Crippen molar-refractivity contribution in [2.75, 3.05) is 36.8 Å². The van der Waals surface area contributed by atoms with Gasteiger partial charge in [0.1, 0.15) is 5.82 Å². The van der Waals surface area contributed by atoms with Crippen LogP contribution in [0.1, 0.15) is 11.4 Å². The zero-order chi connectivity index (χ0) is 22.7. The van der Waals surface area contributed by atoms with Gasteiger partial charge in [-0.1, -0.05) is 23.9 Å². The fourth-order valence-electron chi connectivity index (χ4n) is 3.72. The Morgan fingerprint density at radius 1 is 1.03 bits per heavy atom. The molecule has 0 aliphatic carbocycles. The molecule has 10 heteroatoms. The summed E-state index contributed by atoms with van der Waals surface area (Å²) in [5.41, 5.74) is 3.14. The van der Waals surface area contributed by atoms with Crippen molar-refractivity contribution in [1.82, 2.24) is 19.7 Å². The van der Waals surface area contributed by atoms with Gasteiger partial charge in [0.15, 0.2) is 5.16 Å². The second-order valence-corrected chi connectivity index (χ2v) is 8.58. The lowest BCUT2D eigenvalue weighted by molar-refractivity contribution is -0.384. The van der Waals surface area contributed by atoms with E-state index in [9.17, 15) is 14.9 Å². The first-order valence-corrected chi connectivity index (χ1v) is 11.3. The molecule has 1 aliphatic rings. The van der Waals surface area contributed by atoms with Crippen molar-refractivity contribution in [1.29, 1.82) is 0 Å². The number of amides is 1. The Morgan fingerprint density at radius 2 is 1.75 bits per heavy atom. The van der Waals surface area contributed by atoms with Gasteiger partial charge in [0.2, 0.25) is 5.91 Å². The maximum Gasteiger partial charge on any atom is 0.269 e. The molecule has 1 aliphatic heterocycles. The van der Waals surface area contributed by atoms with Gasteiger partial charge in [-0.15, -0.1) is 10.2 Å². The number of hydrogen-bond donors (Lipinski definition) is 0. The molecule has 1 amide bonds. The van der Waals surface area contributed by atoms with E-state index in [0.29, 0.717) is 37.1 Å². The predicted molar refractivity (Wildman–Crippen MR) is 123 cm³/mol. The summed E-state index contributed by atoms with van der Waals surface area (Å²) >= 11 is 1.39. The van der Waals surface area contributed by atoms with Crippen LogP contribution in [0.15, 0.2) is 53.7 Å². The number of carbonyl (C=O) groups excluding carboxylic acids is 1. The molecule has 2 aromatic carbocycles. The summed E-state index contributed by atoms with van der Waals surface area (Å²) in [5.74, 6) is 1.14. The molecule has 0 saturated carbocycles. The molecule has 0 unspecified atom stereocenters. The van der Waals surface area contributed by atoms with E-state index in [4.69, 9.17) is 0 Å². The SMILES string of the molecule is Cc1cccc(-n2c(C)nnc2SCC(=O)N2CCN(c3ccc([N+](=O)[O-])cc3)CC2)c1. The number of non-ortho nitro benzene ring substituents is 1. The van der Waals surface area contributed by atoms with Crippen LogP contribution in [0, 0.1) is 24.0 Å². The average molecular weight is 453 g/mol. The molecule has 0 radical (unpaired) electrons. The van der Waals surface area contributed by atoms with Crippen LogP contribution in [0.2, 0.25) is 0 Å². The molecule has 0 atom stereocenters. The number of thioether (sulfide) groups is 1. The van der Waals surface area contributed by atoms with Gasteiger partial charge in [-0.3, -0.25) is 19.5 Å². The third-order valence-corrected chi connectivity index (χ3v) is 6.35. The Morgan fingerprint density at radius 3 is 2.41 bits per heavy atom. The predicted octanol–water partition coefficient (Wildman–Crippen LogP) is 3.23. The molecule has 0 bridgehead atoms. The molecular formula is C22H24N6O3S. The maximum absolute atomic E-state index is 12.8. The van der Waals surface area contributed by atoms with Crippen molar-refractivity contribution in [3.05, 3.63) is 70.0 Å². The summed E-state index contributed by atoms with van der Waals surface area (Å²) in [6, 6.07) is 14.6. The van der Waals surface area contributed by atoms with E-state index in [0.717, 1.165) is 22.8 Å². The topological polar surface area (TPSA) is 97.4 Å². The number of rotatable bonds is 6. The summed E-state index contributed by atoms with van der Waals surface area (Å²) in [6.07, 6.45) is 0. The first kappa shape index (κ1) is 21.8. The Bertz CT molecular complexity index is 1120. The number of nitrogens with zero attached hydrogens (tertiary/aromatic N) is 6. The molecule has 1 aromatic heterocycles. The number of anilines is 1. The van der Waals surface area contributed by atoms with Crippen LogP contribution in [-0.4, -0.2) is 62.4 Å². The molecule has 4 rings (SSSR count). The molecule has 9 nitrogen and oxygen atoms in total. The van der Waals surface area contributed by atoms with Crippen LogP contribution in [0.4, 0.5) is 11.4 Å². The summed E-state index contributed by atoms with van der Waals surface area (Å²) in [6.45, 7) is 6.54. The summed E-state index contributed by atoms with van der Waals surface area (Å²) in [4.78, 5) is 27.2. The first-order chi connectivity index (χ1) is 15.4. The monoisotopic (exact) mass is 452 g/mol. The summed E-state index contributed by atoms with van der Waals surface area (Å²) in [7, 11) is 0. The van der Waals surface area contributed by atoms with Crippen LogP contribution >= 0.6 is 11.8 Å². The Labute approximate surface area is 190 Å². The zero-order valence-electron chi connectivity index (χ0n) is 18.0. The Balaban J connectivity index is 1.34. The van der Waals surface area contributed by atoms with Gasteiger partial charge in [-0.05, 0) is 43.7 Å². The average Bonchev–Trinajstić information content (AvgIpc) is 3.18. The van der Waals surface area contributed by atoms with Crippen molar-refractivity contribution < 1.29 is 9.72 Å². The number of nitro benzene ring substituents is 1. The lowest BCUT2D eigenvalue weighted by Crippen LogP contribution is -2.49. The van der Waals surface area contributed by atoms with Gasteiger partial charge in [0.05, 0.1) is 10.7 Å². The lowest BCUT2D eigenvalue weighted by atomic mass is 10.2. The van der Waals surface area contributed by atoms with Crippen molar-refractivity contribution in [2.24, 2.45) is 0 Å². The fraction of sp³-hybridized carbons (Fsp3) is 0.318. The third-order valence-electron chi connectivity index (χ3n) is 5.44. The van der Waals surface area contributed by atoms with Crippen molar-refractivity contribution in [2.45, 2.75) is 19.0 Å². The number of aryl methyl sites for hydroxylation is 2. The smallest absolute Gasteiger partial charge is 0.269 e. The normalized spacial score (nSPS) is 13.9. The molecule has 1 fully saturated rings. The lowest BCUT2D eigenvalue weighted by Gasteiger charge is -2.36. The molecule has 166 valence electrons. The fourth-order valence-corrected chi connectivity index (χ4v) is 4.62. The van der Waals surface area contributed by atoms with E-state index in [1.54, 1.807) is 12.1 Å². The highest BCUT2D eigenvalue weighted by atomic mass is 32.2. The van der Waals surface area contributed by atoms with Gasteiger partial charge < -0.3 is 9.80 Å². The van der Waals surface area contributed by atoms with Gasteiger partial charge in [0.25, 0.3) is 5.69 Å². The highest BCUT2D eigenvalue weighted by Gasteiger charge is 2.23. The van der Waals surface area contributed by atoms with Gasteiger partial charge in [-0.25, -0.2) is 0 Å². The van der Waals surface area contributed by atoms with Crippen molar-refractivity contribution in [3.63, 3.8) is 0 Å². The number of hydrogen-bond acceptors (Lipinski definition) is 7. The van der Waals surface area contributed by atoms with E-state index in [1.165, 1.54) is 23.9 Å². The number of nitro groups is 1. The summed E-state index contributed by atoms with van der Waals surface area (Å²) < 4.78 is 1.97. The van der Waals surface area contributed by atoms with Crippen LogP contribution in [0.25, 0.3) is 5.69 Å². The van der Waals surface area contributed by atoms with E-state index in [-0.39, 0.29) is 11.6 Å². The second-order valence-electron chi connectivity index (χ2n) is 7.63. The number of benzene rings is 2. The minimum Gasteiger partial charge on any atom is -0.368 e. The van der Waals surface area contributed by atoms with E-state index in [1.807, 2.05) is 41.5 Å². The quantitative estimate of drug-likeness (QED) is 0.322. The maximum atomic E-state index is 12.8. The molecule has 2 heterocycles. The van der Waals surface area contributed by atoms with Crippen LogP contribution in [0.3, 0.4) is 0 Å². The van der Waals surface area contributed by atoms with Gasteiger partial charge in [0, 0.05) is 49.7 Å². The molecule has 1 saturated heterocycles. The Hall–Kier alpha value is -3.40.